The van der Waals surface area contributed by atoms with Gasteiger partial charge in [-0.15, -0.1) is 0 Å². The topological polar surface area (TPSA) is 41.8 Å². The third-order valence-electron chi connectivity index (χ3n) is 0.938. The molecule has 0 saturated heterocycles. The van der Waals surface area contributed by atoms with Gasteiger partial charge in [0.1, 0.15) is 6.34 Å². The zero-order valence-electron chi connectivity index (χ0n) is 4.37. The maximum absolute atomic E-state index is 9.97. The molecular weight excluding hydrogens is 104 g/mol. The Hall–Kier alpha value is -0.990. The molecule has 0 unspecified atom stereocenters. The quantitative estimate of drug-likeness (QED) is 0.440. The Kier molecular flexibility index (Phi) is 1.51. The smallest absolute Gasteiger partial charge is 0.164 e. The number of carbonyl (C=O) groups excluding carboxylic acids is 1. The summed E-state index contributed by atoms with van der Waals surface area (Å²) in [5.41, 5.74) is 0.597. The summed E-state index contributed by atoms with van der Waals surface area (Å²) in [6.45, 7) is 0.706. The van der Waals surface area contributed by atoms with E-state index in [4.69, 9.17) is 0 Å². The standard InChI is InChI=1S/C5H6N2O/c8-3-5-1-2-6-4-7-5/h3-4H,1-2H2. The Morgan fingerprint density at radius 3 is 3.00 bits per heavy atom. The van der Waals surface area contributed by atoms with Crippen molar-refractivity contribution >= 4 is 18.3 Å². The zero-order chi connectivity index (χ0) is 5.82. The van der Waals surface area contributed by atoms with Crippen LogP contribution in [-0.2, 0) is 4.79 Å². The molecule has 1 rings (SSSR count). The monoisotopic (exact) mass is 110 g/mol. The van der Waals surface area contributed by atoms with Crippen LogP contribution < -0.4 is 0 Å². The van der Waals surface area contributed by atoms with E-state index in [0.29, 0.717) is 18.7 Å². The predicted molar refractivity (Wildman–Crippen MR) is 31.5 cm³/mol. The summed E-state index contributed by atoms with van der Waals surface area (Å²) in [4.78, 5) is 17.5. The summed E-state index contributed by atoms with van der Waals surface area (Å²) < 4.78 is 0. The molecule has 0 fully saturated rings. The highest BCUT2D eigenvalue weighted by molar-refractivity contribution is 6.30. The molecule has 0 aromatic carbocycles. The van der Waals surface area contributed by atoms with Gasteiger partial charge in [0, 0.05) is 13.0 Å². The molecule has 3 heteroatoms. The number of hydrogen-bond acceptors (Lipinski definition) is 3. The van der Waals surface area contributed by atoms with Crippen molar-refractivity contribution in [2.75, 3.05) is 6.54 Å². The van der Waals surface area contributed by atoms with E-state index in [-0.39, 0.29) is 0 Å². The van der Waals surface area contributed by atoms with Crippen LogP contribution in [0.1, 0.15) is 6.42 Å². The summed E-state index contributed by atoms with van der Waals surface area (Å²) in [5, 5.41) is 0. The fourth-order valence-corrected chi connectivity index (χ4v) is 0.506. The number of rotatable bonds is 1. The van der Waals surface area contributed by atoms with Gasteiger partial charge in [0.2, 0.25) is 0 Å². The van der Waals surface area contributed by atoms with Crippen molar-refractivity contribution in [3.05, 3.63) is 0 Å². The number of hydrogen-bond donors (Lipinski definition) is 0. The van der Waals surface area contributed by atoms with Crippen LogP contribution in [0.3, 0.4) is 0 Å². The highest BCUT2D eigenvalue weighted by Crippen LogP contribution is 1.89. The van der Waals surface area contributed by atoms with Crippen molar-refractivity contribution < 1.29 is 4.79 Å². The Labute approximate surface area is 47.1 Å². The van der Waals surface area contributed by atoms with Crippen LogP contribution >= 0.6 is 0 Å². The van der Waals surface area contributed by atoms with E-state index in [1.165, 1.54) is 6.34 Å². The molecule has 0 bridgehead atoms. The van der Waals surface area contributed by atoms with Gasteiger partial charge in [0.15, 0.2) is 6.29 Å². The van der Waals surface area contributed by atoms with Crippen LogP contribution in [0.15, 0.2) is 9.98 Å². The van der Waals surface area contributed by atoms with E-state index in [1.54, 1.807) is 0 Å². The van der Waals surface area contributed by atoms with Gasteiger partial charge in [0.25, 0.3) is 0 Å². The Balaban J connectivity index is 2.63. The molecule has 3 nitrogen and oxygen atoms in total. The first-order valence-electron chi connectivity index (χ1n) is 2.43. The number of aldehydes is 1. The van der Waals surface area contributed by atoms with Crippen LogP contribution in [-0.4, -0.2) is 24.9 Å². The summed E-state index contributed by atoms with van der Waals surface area (Å²) in [5.74, 6) is 0. The van der Waals surface area contributed by atoms with Crippen LogP contribution in [0.2, 0.25) is 0 Å². The summed E-state index contributed by atoms with van der Waals surface area (Å²) in [7, 11) is 0. The second-order valence-corrected chi connectivity index (χ2v) is 1.51. The molecule has 0 aromatic rings. The molecule has 0 radical (unpaired) electrons. The minimum atomic E-state index is 0.597. The summed E-state index contributed by atoms with van der Waals surface area (Å²) >= 11 is 0. The second kappa shape index (κ2) is 2.35. The Bertz CT molecular complexity index is 149. The summed E-state index contributed by atoms with van der Waals surface area (Å²) in [6.07, 6.45) is 2.89. The highest BCUT2D eigenvalue weighted by atomic mass is 16.1. The molecule has 0 N–H and O–H groups in total. The maximum Gasteiger partial charge on any atom is 0.164 e. The fraction of sp³-hybridized carbons (Fsp3) is 0.400. The molecule has 42 valence electrons. The average molecular weight is 110 g/mol. The van der Waals surface area contributed by atoms with Crippen LogP contribution in [0.5, 0.6) is 0 Å². The first-order valence-corrected chi connectivity index (χ1v) is 2.43. The summed E-state index contributed by atoms with van der Waals surface area (Å²) in [6, 6.07) is 0. The lowest BCUT2D eigenvalue weighted by Gasteiger charge is -1.96. The molecule has 0 atom stereocenters. The van der Waals surface area contributed by atoms with Gasteiger partial charge in [-0.25, -0.2) is 4.99 Å². The highest BCUT2D eigenvalue weighted by Gasteiger charge is 1.97. The molecule has 1 aliphatic rings. The van der Waals surface area contributed by atoms with E-state index < -0.39 is 0 Å². The van der Waals surface area contributed by atoms with E-state index in [9.17, 15) is 4.79 Å². The minimum absolute atomic E-state index is 0.597. The van der Waals surface area contributed by atoms with Gasteiger partial charge in [-0.3, -0.25) is 9.79 Å². The Morgan fingerprint density at radius 1 is 1.75 bits per heavy atom. The number of aliphatic imine (C=N–C) groups is 2. The number of carbonyl (C=O) groups is 1. The molecule has 0 saturated carbocycles. The van der Waals surface area contributed by atoms with E-state index in [0.717, 1.165) is 6.29 Å². The second-order valence-electron chi connectivity index (χ2n) is 1.51. The van der Waals surface area contributed by atoms with Crippen LogP contribution in [0, 0.1) is 0 Å². The van der Waals surface area contributed by atoms with Crippen molar-refractivity contribution in [1.29, 1.82) is 0 Å². The van der Waals surface area contributed by atoms with Gasteiger partial charge < -0.3 is 0 Å². The largest absolute Gasteiger partial charge is 0.297 e. The molecule has 0 amide bonds. The van der Waals surface area contributed by atoms with Crippen molar-refractivity contribution in [3.63, 3.8) is 0 Å². The first kappa shape index (κ1) is 5.15. The number of nitrogens with zero attached hydrogens (tertiary/aromatic N) is 2. The van der Waals surface area contributed by atoms with Gasteiger partial charge in [-0.05, 0) is 0 Å². The first-order chi connectivity index (χ1) is 3.93. The SMILES string of the molecule is O=CC1=NC=NCC1. The molecule has 0 aromatic heterocycles. The molecule has 0 aliphatic carbocycles. The van der Waals surface area contributed by atoms with E-state index in [2.05, 4.69) is 9.98 Å². The Morgan fingerprint density at radius 2 is 2.62 bits per heavy atom. The molecule has 1 aliphatic heterocycles. The maximum atomic E-state index is 9.97. The van der Waals surface area contributed by atoms with Crippen molar-refractivity contribution in [2.24, 2.45) is 9.98 Å². The minimum Gasteiger partial charge on any atom is -0.297 e. The van der Waals surface area contributed by atoms with Gasteiger partial charge in [-0.2, -0.15) is 0 Å². The molecule has 0 spiro atoms. The van der Waals surface area contributed by atoms with Crippen molar-refractivity contribution in [2.45, 2.75) is 6.42 Å². The van der Waals surface area contributed by atoms with Gasteiger partial charge in [-0.1, -0.05) is 0 Å². The van der Waals surface area contributed by atoms with Crippen molar-refractivity contribution in [1.82, 2.24) is 0 Å². The predicted octanol–water partition coefficient (Wildman–Crippen LogP) is 0.0583. The van der Waals surface area contributed by atoms with Crippen molar-refractivity contribution in [3.8, 4) is 0 Å². The molecule has 1 heterocycles. The van der Waals surface area contributed by atoms with E-state index in [1.807, 2.05) is 0 Å². The van der Waals surface area contributed by atoms with Gasteiger partial charge >= 0.3 is 0 Å². The normalized spacial score (nSPS) is 17.8. The van der Waals surface area contributed by atoms with Crippen LogP contribution in [0.4, 0.5) is 0 Å². The molecule has 8 heavy (non-hydrogen) atoms. The van der Waals surface area contributed by atoms with E-state index >= 15 is 0 Å². The lowest BCUT2D eigenvalue weighted by atomic mass is 10.3. The zero-order valence-corrected chi connectivity index (χ0v) is 4.37. The lowest BCUT2D eigenvalue weighted by Crippen LogP contribution is -2.05. The van der Waals surface area contributed by atoms with Crippen LogP contribution in [0.25, 0.3) is 0 Å². The van der Waals surface area contributed by atoms with Gasteiger partial charge in [0.05, 0.1) is 5.71 Å². The third-order valence-corrected chi connectivity index (χ3v) is 0.938. The molecular formula is C5H6N2O. The average Bonchev–Trinajstić information content (AvgIpc) is 1.90. The fourth-order valence-electron chi connectivity index (χ4n) is 0.506. The third kappa shape index (κ3) is 0.992. The lowest BCUT2D eigenvalue weighted by molar-refractivity contribution is -0.102.